The summed E-state index contributed by atoms with van der Waals surface area (Å²) in [5, 5.41) is 0. The van der Waals surface area contributed by atoms with Gasteiger partial charge in [0.05, 0.1) is 11.4 Å². The van der Waals surface area contributed by atoms with Gasteiger partial charge in [0.2, 0.25) is 5.91 Å². The quantitative estimate of drug-likeness (QED) is 0.358. The van der Waals surface area contributed by atoms with Gasteiger partial charge in [-0.05, 0) is 61.3 Å². The second-order valence-electron chi connectivity index (χ2n) is 14.7. The summed E-state index contributed by atoms with van der Waals surface area (Å²) < 4.78 is 23.8. The second kappa shape index (κ2) is 13.6. The Balaban J connectivity index is 0.00000480. The predicted molar refractivity (Wildman–Crippen MR) is 181 cm³/mol. The lowest BCUT2D eigenvalue weighted by molar-refractivity contribution is -0.137. The third kappa shape index (κ3) is 7.44. The molecule has 5 rings (SSSR count). The van der Waals surface area contributed by atoms with E-state index in [0.29, 0.717) is 37.9 Å². The molecule has 3 aliphatic rings. The molecule has 0 aromatic heterocycles. The molecule has 0 aliphatic carbocycles. The van der Waals surface area contributed by atoms with Crippen molar-refractivity contribution in [1.29, 1.82) is 0 Å². The average molecular weight is 673 g/mol. The molecule has 46 heavy (non-hydrogen) atoms. The zero-order chi connectivity index (χ0) is 32.7. The van der Waals surface area contributed by atoms with Crippen molar-refractivity contribution in [2.75, 3.05) is 39.0 Å². The fourth-order valence-corrected chi connectivity index (χ4v) is 8.06. The topological polar surface area (TPSA) is 98.3 Å². The van der Waals surface area contributed by atoms with Gasteiger partial charge in [-0.25, -0.2) is 13.2 Å². The van der Waals surface area contributed by atoms with Gasteiger partial charge >= 0.3 is 6.03 Å². The Hall–Kier alpha value is -2.95. The van der Waals surface area contributed by atoms with Crippen LogP contribution in [-0.4, -0.2) is 96.4 Å². The summed E-state index contributed by atoms with van der Waals surface area (Å²) in [6.45, 7) is 14.0. The number of piperidine rings is 1. The van der Waals surface area contributed by atoms with Crippen LogP contribution in [0.25, 0.3) is 0 Å². The highest BCUT2D eigenvalue weighted by Gasteiger charge is 2.58. The average Bonchev–Trinajstić information content (AvgIpc) is 3.47. The van der Waals surface area contributed by atoms with E-state index < -0.39 is 15.4 Å². The highest BCUT2D eigenvalue weighted by Crippen LogP contribution is 2.41. The van der Waals surface area contributed by atoms with Crippen LogP contribution >= 0.6 is 12.4 Å². The van der Waals surface area contributed by atoms with Crippen LogP contribution in [0.15, 0.2) is 59.5 Å². The molecule has 3 aliphatic heterocycles. The summed E-state index contributed by atoms with van der Waals surface area (Å²) in [6, 6.07) is 16.4. The largest absolute Gasteiger partial charge is 0.342 e. The summed E-state index contributed by atoms with van der Waals surface area (Å²) in [5.74, 6) is 0.559. The van der Waals surface area contributed by atoms with E-state index in [1.165, 1.54) is 22.6 Å². The van der Waals surface area contributed by atoms with Crippen LogP contribution in [0.1, 0.15) is 70.9 Å². The molecule has 2 atom stereocenters. The lowest BCUT2D eigenvalue weighted by atomic mass is 9.83. The first-order chi connectivity index (χ1) is 21.1. The molecule has 9 nitrogen and oxygen atoms in total. The molecule has 11 heteroatoms. The van der Waals surface area contributed by atoms with E-state index in [1.807, 2.05) is 24.8 Å². The number of urea groups is 1. The van der Waals surface area contributed by atoms with Crippen LogP contribution in [0.2, 0.25) is 0 Å². The van der Waals surface area contributed by atoms with E-state index in [0.717, 1.165) is 25.9 Å². The minimum Gasteiger partial charge on any atom is -0.342 e. The first kappa shape index (κ1) is 35.9. The number of benzene rings is 2. The maximum atomic E-state index is 14.1. The van der Waals surface area contributed by atoms with Crippen LogP contribution in [-0.2, 0) is 26.0 Å². The zero-order valence-electron chi connectivity index (χ0n) is 27.9. The van der Waals surface area contributed by atoms with Crippen LogP contribution in [0.5, 0.6) is 0 Å². The van der Waals surface area contributed by atoms with Crippen molar-refractivity contribution in [3.63, 3.8) is 0 Å². The van der Waals surface area contributed by atoms with Gasteiger partial charge in [0.25, 0.3) is 5.91 Å². The Kier molecular flexibility index (Phi) is 10.7. The number of nitrogens with zero attached hydrogens (tertiary/aromatic N) is 4. The van der Waals surface area contributed by atoms with E-state index in [-0.39, 0.29) is 65.0 Å². The molecule has 3 heterocycles. The molecule has 3 fully saturated rings. The number of carbonyl (C=O) groups is 3. The summed E-state index contributed by atoms with van der Waals surface area (Å²) in [4.78, 5) is 48.8. The third-order valence-corrected chi connectivity index (χ3v) is 10.8. The van der Waals surface area contributed by atoms with Crippen molar-refractivity contribution in [2.45, 2.75) is 82.8 Å². The van der Waals surface area contributed by atoms with Gasteiger partial charge < -0.3 is 14.7 Å². The van der Waals surface area contributed by atoms with Gasteiger partial charge in [0.1, 0.15) is 5.54 Å². The highest BCUT2D eigenvalue weighted by molar-refractivity contribution is 7.90. The van der Waals surface area contributed by atoms with E-state index in [9.17, 15) is 22.8 Å². The Morgan fingerprint density at radius 3 is 2.11 bits per heavy atom. The zero-order valence-corrected chi connectivity index (χ0v) is 29.6. The van der Waals surface area contributed by atoms with Crippen molar-refractivity contribution in [1.82, 2.24) is 19.6 Å². The lowest BCUT2D eigenvalue weighted by Crippen LogP contribution is -2.58. The molecule has 252 valence electrons. The molecule has 3 saturated heterocycles. The van der Waals surface area contributed by atoms with Gasteiger partial charge in [-0.15, -0.1) is 12.4 Å². The maximum Gasteiger partial charge on any atom is 0.328 e. The van der Waals surface area contributed by atoms with E-state index in [2.05, 4.69) is 49.9 Å². The Bertz CT molecular complexity index is 1520. The van der Waals surface area contributed by atoms with Crippen LogP contribution in [0.3, 0.4) is 0 Å². The lowest BCUT2D eigenvalue weighted by Gasteiger charge is -2.44. The fraction of sp³-hybridized carbons (Fsp3) is 0.571. The molecule has 0 saturated carbocycles. The van der Waals surface area contributed by atoms with E-state index in [1.54, 1.807) is 17.0 Å². The Labute approximate surface area is 280 Å². The number of amides is 4. The first-order valence-corrected chi connectivity index (χ1v) is 18.0. The number of hydrogen-bond acceptors (Lipinski definition) is 6. The standard InChI is InChI=1S/C35H48N4O5S.ClH/c1-25(2)39-33(42)38(21-26-12-14-29(15-13-26)45(6,43)44)32(41)35(39)16-18-36(19-17-35)22-28-23-37(31(40)20-34(3,4)5)24-30(28)27-10-8-7-9-11-27;/h7-15,25,28,30H,16-24H2,1-6H3;1H. The summed E-state index contributed by atoms with van der Waals surface area (Å²) in [5.41, 5.74) is 1.00. The normalized spacial score (nSPS) is 22.2. The molecule has 1 spiro atoms. The molecule has 4 amide bonds. The number of halogens is 1. The number of carbonyl (C=O) groups excluding carboxylic acids is 3. The molecular formula is C35H49ClN4O5S. The smallest absolute Gasteiger partial charge is 0.328 e. The van der Waals surface area contributed by atoms with Gasteiger partial charge in [0, 0.05) is 57.4 Å². The van der Waals surface area contributed by atoms with Crippen molar-refractivity contribution in [2.24, 2.45) is 11.3 Å². The molecule has 0 bridgehead atoms. The molecule has 2 aromatic carbocycles. The fourth-order valence-electron chi connectivity index (χ4n) is 7.43. The SMILES string of the molecule is CC(C)N1C(=O)N(Cc2ccc(S(C)(=O)=O)cc2)C(=O)C12CCN(CC1CN(C(=O)CC(C)(C)C)CC1c1ccccc1)CC2.Cl. The number of imide groups is 1. The van der Waals surface area contributed by atoms with Crippen molar-refractivity contribution >= 4 is 40.1 Å². The van der Waals surface area contributed by atoms with Gasteiger partial charge in [-0.3, -0.25) is 14.5 Å². The van der Waals surface area contributed by atoms with Crippen molar-refractivity contribution < 1.29 is 22.8 Å². The third-order valence-electron chi connectivity index (χ3n) is 9.63. The van der Waals surface area contributed by atoms with Gasteiger partial charge in [-0.1, -0.05) is 63.2 Å². The number of rotatable bonds is 8. The molecule has 2 aromatic rings. The van der Waals surface area contributed by atoms with E-state index in [4.69, 9.17) is 0 Å². The van der Waals surface area contributed by atoms with Gasteiger partial charge in [0.15, 0.2) is 9.84 Å². The molecule has 0 N–H and O–H groups in total. The first-order valence-electron chi connectivity index (χ1n) is 16.1. The number of sulfone groups is 1. The Morgan fingerprint density at radius 2 is 1.57 bits per heavy atom. The second-order valence-corrected chi connectivity index (χ2v) is 16.7. The summed E-state index contributed by atoms with van der Waals surface area (Å²) in [6.07, 6.45) is 2.78. The predicted octanol–water partition coefficient (Wildman–Crippen LogP) is 5.20. The van der Waals surface area contributed by atoms with E-state index >= 15 is 0 Å². The minimum atomic E-state index is -3.34. The molecule has 2 unspecified atom stereocenters. The molecule has 0 radical (unpaired) electrons. The van der Waals surface area contributed by atoms with Crippen molar-refractivity contribution in [3.05, 3.63) is 65.7 Å². The monoisotopic (exact) mass is 672 g/mol. The summed E-state index contributed by atoms with van der Waals surface area (Å²) in [7, 11) is -3.34. The number of hydrogen-bond donors (Lipinski definition) is 0. The Morgan fingerprint density at radius 1 is 0.957 bits per heavy atom. The van der Waals surface area contributed by atoms with Crippen LogP contribution in [0.4, 0.5) is 4.79 Å². The summed E-state index contributed by atoms with van der Waals surface area (Å²) >= 11 is 0. The van der Waals surface area contributed by atoms with Crippen LogP contribution < -0.4 is 0 Å². The number of likely N-dealkylation sites (tertiary alicyclic amines) is 2. The van der Waals surface area contributed by atoms with Gasteiger partial charge in [-0.2, -0.15) is 0 Å². The van der Waals surface area contributed by atoms with Crippen LogP contribution in [0, 0.1) is 11.3 Å². The maximum absolute atomic E-state index is 14.1. The van der Waals surface area contributed by atoms with Crippen molar-refractivity contribution in [3.8, 4) is 0 Å². The highest BCUT2D eigenvalue weighted by atomic mass is 35.5. The minimum absolute atomic E-state index is 0. The molecular weight excluding hydrogens is 624 g/mol.